The molecule has 1 heterocycles. The molecule has 0 radical (unpaired) electrons. The van der Waals surface area contributed by atoms with Gasteiger partial charge in [-0.1, -0.05) is 0 Å². The number of oxazole rings is 1. The molecular formula is C11H7ClF3NO2. The number of hydrogen-bond donors (Lipinski definition) is 0. The summed E-state index contributed by atoms with van der Waals surface area (Å²) in [6.07, 6.45) is -3.31. The van der Waals surface area contributed by atoms with Gasteiger partial charge in [0.1, 0.15) is 5.75 Å². The number of rotatable bonds is 2. The lowest BCUT2D eigenvalue weighted by Crippen LogP contribution is -2.17. The van der Waals surface area contributed by atoms with Gasteiger partial charge in [0, 0.05) is 5.56 Å². The summed E-state index contributed by atoms with van der Waals surface area (Å²) in [7, 11) is 0. The number of benzene rings is 1. The van der Waals surface area contributed by atoms with Crippen molar-refractivity contribution in [1.82, 2.24) is 4.98 Å². The van der Waals surface area contributed by atoms with E-state index < -0.39 is 6.36 Å². The lowest BCUT2D eigenvalue weighted by Gasteiger charge is -2.10. The summed E-state index contributed by atoms with van der Waals surface area (Å²) in [6, 6.07) is 3.92. The number of aromatic nitrogens is 1. The summed E-state index contributed by atoms with van der Waals surface area (Å²) in [6.45, 7) is 1.63. The average molecular weight is 278 g/mol. The second-order valence-corrected chi connectivity index (χ2v) is 3.83. The van der Waals surface area contributed by atoms with Crippen LogP contribution in [0.15, 0.2) is 28.8 Å². The molecule has 7 heteroatoms. The van der Waals surface area contributed by atoms with Crippen molar-refractivity contribution in [2.75, 3.05) is 0 Å². The first-order valence-corrected chi connectivity index (χ1v) is 5.21. The Morgan fingerprint density at radius 2 is 2.06 bits per heavy atom. The smallest absolute Gasteiger partial charge is 0.428 e. The van der Waals surface area contributed by atoms with Crippen LogP contribution in [0.25, 0.3) is 11.3 Å². The fourth-order valence-corrected chi connectivity index (χ4v) is 1.62. The summed E-state index contributed by atoms with van der Waals surface area (Å²) in [5.41, 5.74) is 1.16. The highest BCUT2D eigenvalue weighted by Gasteiger charge is 2.31. The third-order valence-electron chi connectivity index (χ3n) is 2.17. The van der Waals surface area contributed by atoms with E-state index in [0.717, 1.165) is 0 Å². The standard InChI is InChI=1S/C11H7ClF3NO2/c1-6-4-7(18-11(13,14)15)2-3-8(6)9-5-16-10(12)17-9/h2-5H,1H3. The van der Waals surface area contributed by atoms with Gasteiger partial charge in [0.05, 0.1) is 6.20 Å². The minimum atomic E-state index is -4.70. The normalized spacial score (nSPS) is 11.6. The van der Waals surface area contributed by atoms with Gasteiger partial charge in [-0.15, -0.1) is 13.2 Å². The summed E-state index contributed by atoms with van der Waals surface area (Å²) in [5.74, 6) is 0.102. The molecule has 0 saturated carbocycles. The first kappa shape index (κ1) is 12.8. The van der Waals surface area contributed by atoms with Gasteiger partial charge in [0.2, 0.25) is 0 Å². The maximum Gasteiger partial charge on any atom is 0.573 e. The molecule has 0 bridgehead atoms. The Balaban J connectivity index is 2.31. The molecule has 2 aromatic rings. The van der Waals surface area contributed by atoms with Crippen LogP contribution in [0.4, 0.5) is 13.2 Å². The fraction of sp³-hybridized carbons (Fsp3) is 0.182. The SMILES string of the molecule is Cc1cc(OC(F)(F)F)ccc1-c1cnc(Cl)o1. The van der Waals surface area contributed by atoms with Crippen LogP contribution in [0.3, 0.4) is 0 Å². The summed E-state index contributed by atoms with van der Waals surface area (Å²) >= 11 is 5.53. The van der Waals surface area contributed by atoms with Crippen LogP contribution in [0, 0.1) is 6.92 Å². The predicted molar refractivity (Wildman–Crippen MR) is 58.4 cm³/mol. The van der Waals surface area contributed by atoms with Crippen molar-refractivity contribution in [3.8, 4) is 17.1 Å². The first-order chi connectivity index (χ1) is 8.35. The Morgan fingerprint density at radius 3 is 2.56 bits per heavy atom. The number of halogens is 4. The van der Waals surface area contributed by atoms with Gasteiger partial charge in [-0.25, -0.2) is 4.98 Å². The molecule has 18 heavy (non-hydrogen) atoms. The molecule has 0 saturated heterocycles. The summed E-state index contributed by atoms with van der Waals surface area (Å²) < 4.78 is 45.0. The van der Waals surface area contributed by atoms with E-state index >= 15 is 0 Å². The molecule has 0 N–H and O–H groups in total. The van der Waals surface area contributed by atoms with E-state index in [2.05, 4.69) is 9.72 Å². The van der Waals surface area contributed by atoms with Crippen molar-refractivity contribution < 1.29 is 22.3 Å². The van der Waals surface area contributed by atoms with Crippen molar-refractivity contribution >= 4 is 11.6 Å². The highest BCUT2D eigenvalue weighted by atomic mass is 35.5. The second-order valence-electron chi connectivity index (χ2n) is 3.50. The Labute approximate surface area is 105 Å². The zero-order chi connectivity index (χ0) is 13.3. The molecule has 0 aliphatic carbocycles. The molecular weight excluding hydrogens is 271 g/mol. The molecule has 1 aromatic carbocycles. The lowest BCUT2D eigenvalue weighted by atomic mass is 10.1. The van der Waals surface area contributed by atoms with Gasteiger partial charge in [-0.3, -0.25) is 0 Å². The number of aryl methyl sites for hydroxylation is 1. The van der Waals surface area contributed by atoms with E-state index in [0.29, 0.717) is 16.9 Å². The van der Waals surface area contributed by atoms with E-state index in [1.165, 1.54) is 24.4 Å². The van der Waals surface area contributed by atoms with Crippen LogP contribution in [0.1, 0.15) is 5.56 Å². The molecule has 0 unspecified atom stereocenters. The topological polar surface area (TPSA) is 35.3 Å². The minimum absolute atomic E-state index is 0.0278. The van der Waals surface area contributed by atoms with Crippen LogP contribution in [0.2, 0.25) is 5.35 Å². The monoisotopic (exact) mass is 277 g/mol. The van der Waals surface area contributed by atoms with Crippen molar-refractivity contribution in [1.29, 1.82) is 0 Å². The van der Waals surface area contributed by atoms with Gasteiger partial charge >= 0.3 is 6.36 Å². The zero-order valence-corrected chi connectivity index (χ0v) is 9.84. The summed E-state index contributed by atoms with van der Waals surface area (Å²) in [4.78, 5) is 3.70. The molecule has 0 amide bonds. The van der Waals surface area contributed by atoms with Crippen LogP contribution >= 0.6 is 11.6 Å². The first-order valence-electron chi connectivity index (χ1n) is 4.83. The van der Waals surface area contributed by atoms with Crippen molar-refractivity contribution in [3.63, 3.8) is 0 Å². The van der Waals surface area contributed by atoms with E-state index in [1.807, 2.05) is 0 Å². The molecule has 0 aliphatic rings. The molecule has 1 aromatic heterocycles. The van der Waals surface area contributed by atoms with Gasteiger partial charge in [0.25, 0.3) is 5.35 Å². The average Bonchev–Trinajstić information content (AvgIpc) is 2.62. The van der Waals surface area contributed by atoms with Crippen molar-refractivity contribution in [2.24, 2.45) is 0 Å². The van der Waals surface area contributed by atoms with E-state index in [9.17, 15) is 13.2 Å². The van der Waals surface area contributed by atoms with E-state index in [1.54, 1.807) is 6.92 Å². The highest BCUT2D eigenvalue weighted by Crippen LogP contribution is 2.30. The van der Waals surface area contributed by atoms with Crippen LogP contribution in [-0.2, 0) is 0 Å². The Bertz CT molecular complexity index is 566. The fourth-order valence-electron chi connectivity index (χ4n) is 1.49. The van der Waals surface area contributed by atoms with Gasteiger partial charge in [-0.05, 0) is 42.3 Å². The van der Waals surface area contributed by atoms with E-state index in [4.69, 9.17) is 16.0 Å². The summed E-state index contributed by atoms with van der Waals surface area (Å²) in [5, 5.41) is -0.0278. The molecule has 3 nitrogen and oxygen atoms in total. The molecule has 0 aliphatic heterocycles. The largest absolute Gasteiger partial charge is 0.573 e. The van der Waals surface area contributed by atoms with Gasteiger partial charge < -0.3 is 9.15 Å². The van der Waals surface area contributed by atoms with Crippen molar-refractivity contribution in [2.45, 2.75) is 13.3 Å². The lowest BCUT2D eigenvalue weighted by molar-refractivity contribution is -0.274. The van der Waals surface area contributed by atoms with Crippen LogP contribution < -0.4 is 4.74 Å². The predicted octanol–water partition coefficient (Wildman–Crippen LogP) is 4.20. The highest BCUT2D eigenvalue weighted by molar-refractivity contribution is 6.27. The van der Waals surface area contributed by atoms with Crippen molar-refractivity contribution in [3.05, 3.63) is 35.3 Å². The minimum Gasteiger partial charge on any atom is -0.428 e. The quantitative estimate of drug-likeness (QED) is 0.825. The second kappa shape index (κ2) is 4.53. The number of ether oxygens (including phenoxy) is 1. The number of nitrogens with zero attached hydrogens (tertiary/aromatic N) is 1. The third-order valence-corrected chi connectivity index (χ3v) is 2.35. The molecule has 96 valence electrons. The van der Waals surface area contributed by atoms with Crippen LogP contribution in [-0.4, -0.2) is 11.3 Å². The maximum atomic E-state index is 12.0. The molecule has 0 atom stereocenters. The van der Waals surface area contributed by atoms with E-state index in [-0.39, 0.29) is 11.1 Å². The van der Waals surface area contributed by atoms with Crippen LogP contribution in [0.5, 0.6) is 5.75 Å². The zero-order valence-electron chi connectivity index (χ0n) is 9.08. The molecule has 0 spiro atoms. The molecule has 0 fully saturated rings. The Hall–Kier alpha value is -1.69. The Morgan fingerprint density at radius 1 is 1.33 bits per heavy atom. The maximum absolute atomic E-state index is 12.0. The van der Waals surface area contributed by atoms with Gasteiger partial charge in [0.15, 0.2) is 5.76 Å². The number of hydrogen-bond acceptors (Lipinski definition) is 3. The van der Waals surface area contributed by atoms with Gasteiger partial charge in [-0.2, -0.15) is 0 Å². The number of alkyl halides is 3. The third kappa shape index (κ3) is 2.95. The molecule has 2 rings (SSSR count). The Kier molecular flexibility index (Phi) is 3.21.